The van der Waals surface area contributed by atoms with Gasteiger partial charge in [-0.3, -0.25) is 4.79 Å². The third kappa shape index (κ3) is 4.08. The molecule has 1 aromatic carbocycles. The molecule has 1 amide bonds. The van der Waals surface area contributed by atoms with E-state index in [0.717, 1.165) is 37.5 Å². The number of hydrogen-bond acceptors (Lipinski definition) is 4. The summed E-state index contributed by atoms with van der Waals surface area (Å²) in [5, 5.41) is 9.67. The minimum absolute atomic E-state index is 0.0145. The van der Waals surface area contributed by atoms with E-state index in [2.05, 4.69) is 4.90 Å². The van der Waals surface area contributed by atoms with Crippen LogP contribution in [0.1, 0.15) is 18.4 Å². The summed E-state index contributed by atoms with van der Waals surface area (Å²) in [5.41, 5.74) is 1.03. The van der Waals surface area contributed by atoms with E-state index in [0.29, 0.717) is 12.5 Å². The maximum Gasteiger partial charge on any atom is 0.260 e. The van der Waals surface area contributed by atoms with Gasteiger partial charge in [-0.25, -0.2) is 0 Å². The molecule has 0 unspecified atom stereocenters. The first-order chi connectivity index (χ1) is 11.7. The second-order valence-electron chi connectivity index (χ2n) is 7.06. The molecule has 24 heavy (non-hydrogen) atoms. The van der Waals surface area contributed by atoms with E-state index in [9.17, 15) is 9.90 Å². The fourth-order valence-corrected chi connectivity index (χ4v) is 3.80. The van der Waals surface area contributed by atoms with E-state index in [1.165, 1.54) is 12.8 Å². The van der Waals surface area contributed by atoms with Crippen LogP contribution in [0.15, 0.2) is 24.3 Å². The van der Waals surface area contributed by atoms with Crippen LogP contribution < -0.4 is 4.74 Å². The lowest BCUT2D eigenvalue weighted by atomic mass is 9.96. The van der Waals surface area contributed by atoms with Crippen LogP contribution in [0.5, 0.6) is 5.75 Å². The highest BCUT2D eigenvalue weighted by Crippen LogP contribution is 2.26. The van der Waals surface area contributed by atoms with E-state index < -0.39 is 0 Å². The van der Waals surface area contributed by atoms with Crippen molar-refractivity contribution in [1.29, 1.82) is 0 Å². The van der Waals surface area contributed by atoms with Gasteiger partial charge in [0.2, 0.25) is 0 Å². The molecule has 2 fully saturated rings. The molecule has 0 saturated carbocycles. The summed E-state index contributed by atoms with van der Waals surface area (Å²) < 4.78 is 5.68. The van der Waals surface area contributed by atoms with Gasteiger partial charge in [0.1, 0.15) is 5.75 Å². The van der Waals surface area contributed by atoms with Crippen molar-refractivity contribution in [2.45, 2.75) is 19.8 Å². The summed E-state index contributed by atoms with van der Waals surface area (Å²) >= 11 is 0. The van der Waals surface area contributed by atoms with Gasteiger partial charge in [-0.1, -0.05) is 18.2 Å². The predicted molar refractivity (Wildman–Crippen MR) is 93.0 cm³/mol. The fraction of sp³-hybridized carbons (Fsp3) is 0.632. The zero-order valence-electron chi connectivity index (χ0n) is 14.5. The van der Waals surface area contributed by atoms with E-state index in [1.807, 2.05) is 36.1 Å². The van der Waals surface area contributed by atoms with Crippen molar-refractivity contribution in [2.24, 2.45) is 11.8 Å². The number of likely N-dealkylation sites (tertiary alicyclic amines) is 2. The number of aliphatic hydroxyl groups excluding tert-OH is 1. The van der Waals surface area contributed by atoms with Crippen LogP contribution in [0.25, 0.3) is 0 Å². The van der Waals surface area contributed by atoms with Crippen molar-refractivity contribution in [3.63, 3.8) is 0 Å². The standard InChI is InChI=1S/C19H28N2O3/c1-15-6-2-3-7-18(15)24-14-19(23)21-11-16(17(12-21)13-22)10-20-8-4-5-9-20/h2-3,6-7,16-17,22H,4-5,8-14H2,1H3/t16-,17-/m1/s1. The Morgan fingerprint density at radius 2 is 1.92 bits per heavy atom. The highest BCUT2D eigenvalue weighted by atomic mass is 16.5. The van der Waals surface area contributed by atoms with Gasteiger partial charge in [0, 0.05) is 32.2 Å². The van der Waals surface area contributed by atoms with E-state index in [1.54, 1.807) is 0 Å². The van der Waals surface area contributed by atoms with Crippen LogP contribution >= 0.6 is 0 Å². The number of aryl methyl sites for hydroxylation is 1. The number of carbonyl (C=O) groups is 1. The second-order valence-corrected chi connectivity index (χ2v) is 7.06. The van der Waals surface area contributed by atoms with E-state index >= 15 is 0 Å². The zero-order valence-corrected chi connectivity index (χ0v) is 14.5. The molecule has 0 radical (unpaired) electrons. The van der Waals surface area contributed by atoms with Gasteiger partial charge >= 0.3 is 0 Å². The number of benzene rings is 1. The Hall–Kier alpha value is -1.59. The van der Waals surface area contributed by atoms with Crippen molar-refractivity contribution in [1.82, 2.24) is 9.80 Å². The lowest BCUT2D eigenvalue weighted by molar-refractivity contribution is -0.132. The summed E-state index contributed by atoms with van der Waals surface area (Å²) in [6, 6.07) is 7.73. The molecule has 2 atom stereocenters. The molecule has 2 aliphatic heterocycles. The first kappa shape index (κ1) is 17.2. The molecule has 3 rings (SSSR count). The van der Waals surface area contributed by atoms with E-state index in [4.69, 9.17) is 4.74 Å². The summed E-state index contributed by atoms with van der Waals surface area (Å²) in [5.74, 6) is 1.33. The molecule has 1 aromatic rings. The van der Waals surface area contributed by atoms with Gasteiger partial charge in [-0.05, 0) is 50.4 Å². The number of hydrogen-bond donors (Lipinski definition) is 1. The van der Waals surface area contributed by atoms with Crippen molar-refractivity contribution in [3.05, 3.63) is 29.8 Å². The Morgan fingerprint density at radius 3 is 2.62 bits per heavy atom. The normalized spacial score (nSPS) is 24.5. The van der Waals surface area contributed by atoms with Gasteiger partial charge < -0.3 is 19.6 Å². The van der Waals surface area contributed by atoms with Crippen molar-refractivity contribution in [2.75, 3.05) is 45.9 Å². The first-order valence-corrected chi connectivity index (χ1v) is 8.97. The quantitative estimate of drug-likeness (QED) is 0.858. The molecular weight excluding hydrogens is 304 g/mol. The average Bonchev–Trinajstić information content (AvgIpc) is 3.24. The van der Waals surface area contributed by atoms with Crippen LogP contribution in [-0.2, 0) is 4.79 Å². The van der Waals surface area contributed by atoms with Crippen LogP contribution in [0, 0.1) is 18.8 Å². The summed E-state index contributed by atoms with van der Waals surface area (Å²) in [6.07, 6.45) is 2.53. The van der Waals surface area contributed by atoms with Crippen molar-refractivity contribution in [3.8, 4) is 5.75 Å². The Bertz CT molecular complexity index is 557. The van der Waals surface area contributed by atoms with Crippen LogP contribution in [0.4, 0.5) is 0 Å². The van der Waals surface area contributed by atoms with Crippen LogP contribution in [-0.4, -0.2) is 66.8 Å². The number of carbonyl (C=O) groups excluding carboxylic acids is 1. The molecule has 0 aliphatic carbocycles. The lowest BCUT2D eigenvalue weighted by Crippen LogP contribution is -2.34. The molecule has 132 valence electrons. The van der Waals surface area contributed by atoms with Crippen LogP contribution in [0.2, 0.25) is 0 Å². The molecule has 5 heteroatoms. The second kappa shape index (κ2) is 7.99. The molecule has 5 nitrogen and oxygen atoms in total. The fourth-order valence-electron chi connectivity index (χ4n) is 3.80. The van der Waals surface area contributed by atoms with Gasteiger partial charge in [0.05, 0.1) is 0 Å². The molecular formula is C19H28N2O3. The Labute approximate surface area is 144 Å². The van der Waals surface area contributed by atoms with E-state index in [-0.39, 0.29) is 25.0 Å². The number of nitrogens with zero attached hydrogens (tertiary/aromatic N) is 2. The topological polar surface area (TPSA) is 53.0 Å². The minimum Gasteiger partial charge on any atom is -0.484 e. The molecule has 2 heterocycles. The molecule has 0 aromatic heterocycles. The summed E-state index contributed by atoms with van der Waals surface area (Å²) in [6.45, 7) is 6.87. The number of para-hydroxylation sites is 1. The molecule has 0 spiro atoms. The van der Waals surface area contributed by atoms with Crippen molar-refractivity contribution >= 4 is 5.91 Å². The third-order valence-electron chi connectivity index (χ3n) is 5.30. The predicted octanol–water partition coefficient (Wildman–Crippen LogP) is 1.54. The van der Waals surface area contributed by atoms with Crippen molar-refractivity contribution < 1.29 is 14.6 Å². The van der Waals surface area contributed by atoms with Gasteiger partial charge in [0.15, 0.2) is 6.61 Å². The minimum atomic E-state index is 0.0145. The number of aliphatic hydroxyl groups is 1. The highest BCUT2D eigenvalue weighted by molar-refractivity contribution is 5.78. The number of ether oxygens (including phenoxy) is 1. The maximum absolute atomic E-state index is 12.5. The Morgan fingerprint density at radius 1 is 1.21 bits per heavy atom. The monoisotopic (exact) mass is 332 g/mol. The smallest absolute Gasteiger partial charge is 0.260 e. The Balaban J connectivity index is 1.52. The molecule has 0 bridgehead atoms. The zero-order chi connectivity index (χ0) is 16.9. The Kier molecular flexibility index (Phi) is 5.74. The average molecular weight is 332 g/mol. The largest absolute Gasteiger partial charge is 0.484 e. The van der Waals surface area contributed by atoms with Crippen LogP contribution in [0.3, 0.4) is 0 Å². The molecule has 1 N–H and O–H groups in total. The summed E-state index contributed by atoms with van der Waals surface area (Å²) in [4.78, 5) is 16.8. The molecule has 2 saturated heterocycles. The summed E-state index contributed by atoms with van der Waals surface area (Å²) in [7, 11) is 0. The first-order valence-electron chi connectivity index (χ1n) is 8.97. The molecule has 2 aliphatic rings. The lowest BCUT2D eigenvalue weighted by Gasteiger charge is -2.22. The van der Waals surface area contributed by atoms with Gasteiger partial charge in [0.25, 0.3) is 5.91 Å². The SMILES string of the molecule is Cc1ccccc1OCC(=O)N1C[C@@H](CN2CCCC2)[C@@H](CO)C1. The highest BCUT2D eigenvalue weighted by Gasteiger charge is 2.36. The third-order valence-corrected chi connectivity index (χ3v) is 5.30. The van der Waals surface area contributed by atoms with Gasteiger partial charge in [-0.15, -0.1) is 0 Å². The number of amides is 1. The van der Waals surface area contributed by atoms with Gasteiger partial charge in [-0.2, -0.15) is 0 Å². The maximum atomic E-state index is 12.5. The number of rotatable bonds is 6.